The second-order valence-electron chi connectivity index (χ2n) is 4.59. The van der Waals surface area contributed by atoms with Gasteiger partial charge >= 0.3 is 0 Å². The highest BCUT2D eigenvalue weighted by atomic mass is 35.5. The third-order valence-corrected chi connectivity index (χ3v) is 3.68. The molecule has 2 aromatic rings. The molecule has 0 radical (unpaired) electrons. The van der Waals surface area contributed by atoms with Gasteiger partial charge in [0.1, 0.15) is 5.75 Å². The van der Waals surface area contributed by atoms with E-state index in [0.717, 1.165) is 11.3 Å². The molecule has 0 aliphatic heterocycles. The Morgan fingerprint density at radius 1 is 1.24 bits per heavy atom. The number of methoxy groups -OCH3 is 1. The van der Waals surface area contributed by atoms with Crippen LogP contribution in [0.1, 0.15) is 11.1 Å². The molecule has 0 spiro atoms. The normalized spacial score (nSPS) is 10.0. The number of nitrogens with one attached hydrogen (secondary N) is 2. The molecule has 0 saturated heterocycles. The maximum Gasteiger partial charge on any atom is 0.171 e. The Labute approximate surface area is 135 Å². The van der Waals surface area contributed by atoms with Crippen molar-refractivity contribution in [2.24, 2.45) is 0 Å². The lowest BCUT2D eigenvalue weighted by atomic mass is 10.2. The summed E-state index contributed by atoms with van der Waals surface area (Å²) in [7, 11) is 1.60. The van der Waals surface area contributed by atoms with Gasteiger partial charge in [0.05, 0.1) is 12.8 Å². The summed E-state index contributed by atoms with van der Waals surface area (Å²) in [5.74, 6) is 0.662. The van der Waals surface area contributed by atoms with Gasteiger partial charge in [-0.15, -0.1) is 0 Å². The van der Waals surface area contributed by atoms with E-state index in [-0.39, 0.29) is 0 Å². The van der Waals surface area contributed by atoms with Crippen LogP contribution in [0.3, 0.4) is 0 Å². The molecule has 0 heterocycles. The minimum absolute atomic E-state index is 0.541. The van der Waals surface area contributed by atoms with E-state index in [1.165, 1.54) is 5.56 Å². The van der Waals surface area contributed by atoms with Crippen molar-refractivity contribution >= 4 is 34.6 Å². The molecule has 5 heteroatoms. The molecule has 2 aromatic carbocycles. The number of hydrogen-bond acceptors (Lipinski definition) is 2. The number of thiocarbonyl (C=S) groups is 1. The van der Waals surface area contributed by atoms with Crippen LogP contribution in [0.2, 0.25) is 5.02 Å². The molecule has 0 aromatic heterocycles. The molecule has 0 unspecified atom stereocenters. The van der Waals surface area contributed by atoms with Gasteiger partial charge in [0.15, 0.2) is 5.11 Å². The van der Waals surface area contributed by atoms with Gasteiger partial charge in [-0.05, 0) is 36.3 Å². The maximum absolute atomic E-state index is 6.09. The lowest BCUT2D eigenvalue weighted by Gasteiger charge is -2.15. The Hall–Kier alpha value is -1.78. The average molecular weight is 321 g/mol. The van der Waals surface area contributed by atoms with E-state index in [1.54, 1.807) is 13.2 Å². The molecular formula is C16H17ClN2OS. The van der Waals surface area contributed by atoms with Crippen molar-refractivity contribution in [3.8, 4) is 5.75 Å². The molecule has 21 heavy (non-hydrogen) atoms. The van der Waals surface area contributed by atoms with Crippen LogP contribution >= 0.6 is 23.8 Å². The van der Waals surface area contributed by atoms with Crippen molar-refractivity contribution in [3.05, 3.63) is 58.6 Å². The van der Waals surface area contributed by atoms with E-state index >= 15 is 0 Å². The van der Waals surface area contributed by atoms with Crippen molar-refractivity contribution in [1.29, 1.82) is 0 Å². The lowest BCUT2D eigenvalue weighted by Crippen LogP contribution is -2.28. The molecule has 0 bridgehead atoms. The summed E-state index contributed by atoms with van der Waals surface area (Å²) in [6.07, 6.45) is 0. The van der Waals surface area contributed by atoms with Crippen LogP contribution in [0.5, 0.6) is 5.75 Å². The molecule has 3 nitrogen and oxygen atoms in total. The Morgan fingerprint density at radius 3 is 2.62 bits per heavy atom. The Balaban J connectivity index is 2.01. The zero-order valence-corrected chi connectivity index (χ0v) is 13.5. The van der Waals surface area contributed by atoms with Gasteiger partial charge in [-0.2, -0.15) is 0 Å². The van der Waals surface area contributed by atoms with Gasteiger partial charge in [0.25, 0.3) is 0 Å². The first-order valence-corrected chi connectivity index (χ1v) is 7.31. The van der Waals surface area contributed by atoms with Crippen LogP contribution in [0.15, 0.2) is 42.5 Å². The SMILES string of the molecule is COc1cc(Cl)c(C)cc1NC(=S)NCc1ccccc1. The van der Waals surface area contributed by atoms with Gasteiger partial charge in [0, 0.05) is 17.6 Å². The predicted octanol–water partition coefficient (Wildman–Crippen LogP) is 4.14. The van der Waals surface area contributed by atoms with Crippen molar-refractivity contribution in [2.45, 2.75) is 13.5 Å². The first kappa shape index (κ1) is 15.6. The first-order valence-electron chi connectivity index (χ1n) is 6.53. The van der Waals surface area contributed by atoms with E-state index < -0.39 is 0 Å². The third kappa shape index (κ3) is 4.34. The molecular weight excluding hydrogens is 304 g/mol. The van der Waals surface area contributed by atoms with Gasteiger partial charge in [-0.1, -0.05) is 41.9 Å². The molecule has 0 aliphatic carbocycles. The molecule has 0 fully saturated rings. The minimum atomic E-state index is 0.541. The highest BCUT2D eigenvalue weighted by Crippen LogP contribution is 2.30. The highest BCUT2D eigenvalue weighted by Gasteiger charge is 2.08. The first-order chi connectivity index (χ1) is 10.1. The van der Waals surface area contributed by atoms with Crippen LogP contribution in [0, 0.1) is 6.92 Å². The zero-order chi connectivity index (χ0) is 15.2. The lowest BCUT2D eigenvalue weighted by molar-refractivity contribution is 0.417. The van der Waals surface area contributed by atoms with Gasteiger partial charge in [-0.25, -0.2) is 0 Å². The van der Waals surface area contributed by atoms with Crippen molar-refractivity contribution in [3.63, 3.8) is 0 Å². The average Bonchev–Trinajstić information content (AvgIpc) is 2.49. The fourth-order valence-corrected chi connectivity index (χ4v) is 2.21. The van der Waals surface area contributed by atoms with Gasteiger partial charge in [0.2, 0.25) is 0 Å². The summed E-state index contributed by atoms with van der Waals surface area (Å²) >= 11 is 11.4. The topological polar surface area (TPSA) is 33.3 Å². The Morgan fingerprint density at radius 2 is 1.95 bits per heavy atom. The largest absolute Gasteiger partial charge is 0.495 e. The number of benzene rings is 2. The molecule has 110 valence electrons. The molecule has 2 rings (SSSR count). The number of aryl methyl sites for hydroxylation is 1. The second-order valence-corrected chi connectivity index (χ2v) is 5.41. The number of ether oxygens (including phenoxy) is 1. The Kier molecular flexibility index (Phi) is 5.42. The summed E-state index contributed by atoms with van der Waals surface area (Å²) in [5, 5.41) is 7.51. The summed E-state index contributed by atoms with van der Waals surface area (Å²) in [6.45, 7) is 2.61. The fourth-order valence-electron chi connectivity index (χ4n) is 1.87. The molecule has 0 atom stereocenters. The summed E-state index contributed by atoms with van der Waals surface area (Å²) in [5.41, 5.74) is 2.93. The molecule has 0 aliphatic rings. The fraction of sp³-hybridized carbons (Fsp3) is 0.188. The van der Waals surface area contributed by atoms with E-state index in [0.29, 0.717) is 22.4 Å². The Bertz CT molecular complexity index is 632. The van der Waals surface area contributed by atoms with Crippen LogP contribution < -0.4 is 15.4 Å². The van der Waals surface area contributed by atoms with Gasteiger partial charge < -0.3 is 15.4 Å². The molecule has 0 amide bonds. The van der Waals surface area contributed by atoms with Crippen molar-refractivity contribution < 1.29 is 4.74 Å². The van der Waals surface area contributed by atoms with Crippen LogP contribution in [-0.2, 0) is 6.54 Å². The van der Waals surface area contributed by atoms with E-state index in [1.807, 2.05) is 43.3 Å². The number of rotatable bonds is 4. The maximum atomic E-state index is 6.09. The van der Waals surface area contributed by atoms with Crippen molar-refractivity contribution in [1.82, 2.24) is 5.32 Å². The predicted molar refractivity (Wildman–Crippen MR) is 92.2 cm³/mol. The number of halogens is 1. The van der Waals surface area contributed by atoms with Crippen LogP contribution in [0.4, 0.5) is 5.69 Å². The molecule has 0 saturated carbocycles. The monoisotopic (exact) mass is 320 g/mol. The smallest absolute Gasteiger partial charge is 0.171 e. The molecule has 2 N–H and O–H groups in total. The third-order valence-electron chi connectivity index (χ3n) is 3.02. The van der Waals surface area contributed by atoms with E-state index in [4.69, 9.17) is 28.6 Å². The van der Waals surface area contributed by atoms with E-state index in [2.05, 4.69) is 10.6 Å². The summed E-state index contributed by atoms with van der Waals surface area (Å²) < 4.78 is 5.31. The minimum Gasteiger partial charge on any atom is -0.495 e. The van der Waals surface area contributed by atoms with Crippen LogP contribution in [-0.4, -0.2) is 12.2 Å². The second kappa shape index (κ2) is 7.29. The standard InChI is InChI=1S/C16H17ClN2OS/c1-11-8-14(15(20-2)9-13(11)17)19-16(21)18-10-12-6-4-3-5-7-12/h3-9H,10H2,1-2H3,(H2,18,19,21). The van der Waals surface area contributed by atoms with Crippen molar-refractivity contribution in [2.75, 3.05) is 12.4 Å². The van der Waals surface area contributed by atoms with Crippen LogP contribution in [0.25, 0.3) is 0 Å². The summed E-state index contributed by atoms with van der Waals surface area (Å²) in [4.78, 5) is 0. The summed E-state index contributed by atoms with van der Waals surface area (Å²) in [6, 6.07) is 13.8. The highest BCUT2D eigenvalue weighted by molar-refractivity contribution is 7.80. The number of anilines is 1. The quantitative estimate of drug-likeness (QED) is 0.829. The number of hydrogen-bond donors (Lipinski definition) is 2. The zero-order valence-electron chi connectivity index (χ0n) is 11.9. The van der Waals surface area contributed by atoms with Gasteiger partial charge in [-0.3, -0.25) is 0 Å². The van der Waals surface area contributed by atoms with E-state index in [9.17, 15) is 0 Å².